The van der Waals surface area contributed by atoms with E-state index >= 15 is 0 Å². The first kappa shape index (κ1) is 13.7. The van der Waals surface area contributed by atoms with Crippen LogP contribution in [0.5, 0.6) is 0 Å². The van der Waals surface area contributed by atoms with Crippen LogP contribution in [0.3, 0.4) is 0 Å². The lowest BCUT2D eigenvalue weighted by Gasteiger charge is -2.17. The first-order valence-electron chi connectivity index (χ1n) is 7.95. The highest BCUT2D eigenvalue weighted by atomic mass is 14.4. The third kappa shape index (κ3) is 4.16. The van der Waals surface area contributed by atoms with E-state index < -0.39 is 0 Å². The van der Waals surface area contributed by atoms with Gasteiger partial charge in [-0.2, -0.15) is 5.26 Å². The lowest BCUT2D eigenvalue weighted by Crippen LogP contribution is -2.06. The summed E-state index contributed by atoms with van der Waals surface area (Å²) >= 11 is 0. The molecule has 1 saturated carbocycles. The van der Waals surface area contributed by atoms with Crippen LogP contribution in [-0.4, -0.2) is 0 Å². The first-order valence-corrected chi connectivity index (χ1v) is 7.95. The Hall–Kier alpha value is -0.770. The van der Waals surface area contributed by atoms with E-state index in [-0.39, 0.29) is 0 Å². The molecule has 0 aromatic carbocycles. The van der Waals surface area contributed by atoms with Crippen LogP contribution >= 0.6 is 0 Å². The molecule has 0 aromatic rings. The molecule has 2 bridgehead atoms. The highest BCUT2D eigenvalue weighted by Crippen LogP contribution is 2.45. The van der Waals surface area contributed by atoms with Gasteiger partial charge in [-0.3, -0.25) is 0 Å². The van der Waals surface area contributed by atoms with E-state index in [1.54, 1.807) is 0 Å². The van der Waals surface area contributed by atoms with Crippen LogP contribution in [0, 0.1) is 29.1 Å². The van der Waals surface area contributed by atoms with E-state index in [1.807, 2.05) is 0 Å². The van der Waals surface area contributed by atoms with Crippen LogP contribution in [0.25, 0.3) is 0 Å². The van der Waals surface area contributed by atoms with Crippen molar-refractivity contribution >= 4 is 0 Å². The fourth-order valence-electron chi connectivity index (χ4n) is 3.72. The molecule has 0 radical (unpaired) electrons. The van der Waals surface area contributed by atoms with Crippen molar-refractivity contribution in [2.24, 2.45) is 17.8 Å². The molecule has 3 unspecified atom stereocenters. The van der Waals surface area contributed by atoms with E-state index in [0.29, 0.717) is 0 Å². The van der Waals surface area contributed by atoms with Crippen LogP contribution in [0.1, 0.15) is 70.6 Å². The van der Waals surface area contributed by atoms with Gasteiger partial charge in [0.2, 0.25) is 0 Å². The summed E-state index contributed by atoms with van der Waals surface area (Å²) in [6.45, 7) is 0. The minimum atomic E-state index is 0.748. The largest absolute Gasteiger partial charge is 0.198 e. The van der Waals surface area contributed by atoms with Crippen LogP contribution in [0.2, 0.25) is 0 Å². The monoisotopic (exact) mass is 245 g/mol. The predicted octanol–water partition coefficient (Wildman–Crippen LogP) is 5.23. The molecule has 0 heterocycles. The standard InChI is InChI=1S/C17H27N/c18-12-8-6-4-2-1-3-5-7-9-16-13-15-10-11-17(16)14-15/h10-11,15-17H,1-9,13-14H2. The fourth-order valence-corrected chi connectivity index (χ4v) is 3.72. The Kier molecular flexibility index (Phi) is 5.78. The van der Waals surface area contributed by atoms with Crippen molar-refractivity contribution in [1.29, 1.82) is 5.26 Å². The Morgan fingerprint density at radius 1 is 0.889 bits per heavy atom. The second-order valence-electron chi connectivity index (χ2n) is 6.21. The summed E-state index contributed by atoms with van der Waals surface area (Å²) in [6, 6.07) is 2.22. The van der Waals surface area contributed by atoms with Gasteiger partial charge in [0, 0.05) is 6.42 Å². The number of hydrogen-bond acceptors (Lipinski definition) is 1. The molecule has 1 fully saturated rings. The van der Waals surface area contributed by atoms with Crippen molar-refractivity contribution in [1.82, 2.24) is 0 Å². The van der Waals surface area contributed by atoms with Crippen LogP contribution in [0.15, 0.2) is 12.2 Å². The number of hydrogen-bond donors (Lipinski definition) is 0. The summed E-state index contributed by atoms with van der Waals surface area (Å²) in [5, 5.41) is 8.43. The van der Waals surface area contributed by atoms with Gasteiger partial charge in [-0.25, -0.2) is 0 Å². The maximum absolute atomic E-state index is 8.43. The molecule has 2 aliphatic rings. The van der Waals surface area contributed by atoms with E-state index in [1.165, 1.54) is 57.8 Å². The molecule has 18 heavy (non-hydrogen) atoms. The number of nitriles is 1. The van der Waals surface area contributed by atoms with E-state index in [2.05, 4.69) is 18.2 Å². The molecule has 1 nitrogen and oxygen atoms in total. The van der Waals surface area contributed by atoms with Crippen molar-refractivity contribution < 1.29 is 0 Å². The predicted molar refractivity (Wildman–Crippen MR) is 76.0 cm³/mol. The molecule has 3 atom stereocenters. The summed E-state index contributed by atoms with van der Waals surface area (Å²) < 4.78 is 0. The molecule has 0 N–H and O–H groups in total. The van der Waals surface area contributed by atoms with Crippen molar-refractivity contribution in [3.63, 3.8) is 0 Å². The zero-order chi connectivity index (χ0) is 12.6. The highest BCUT2D eigenvalue weighted by Gasteiger charge is 2.34. The Bertz CT molecular complexity index is 299. The number of rotatable bonds is 9. The van der Waals surface area contributed by atoms with Crippen molar-refractivity contribution in [2.45, 2.75) is 70.6 Å². The average Bonchev–Trinajstić information content (AvgIpc) is 2.99. The maximum Gasteiger partial charge on any atom is 0.0621 e. The van der Waals surface area contributed by atoms with E-state index in [9.17, 15) is 0 Å². The lowest BCUT2D eigenvalue weighted by atomic mass is 9.88. The van der Waals surface area contributed by atoms with Crippen molar-refractivity contribution in [3.05, 3.63) is 12.2 Å². The quantitative estimate of drug-likeness (QED) is 0.403. The van der Waals surface area contributed by atoms with Gasteiger partial charge in [0.1, 0.15) is 0 Å². The third-order valence-electron chi connectivity index (χ3n) is 4.78. The summed E-state index contributed by atoms with van der Waals surface area (Å²) in [5.41, 5.74) is 0. The zero-order valence-electron chi connectivity index (χ0n) is 11.6. The lowest BCUT2D eigenvalue weighted by molar-refractivity contribution is 0.393. The maximum atomic E-state index is 8.43. The summed E-state index contributed by atoms with van der Waals surface area (Å²) in [5.74, 6) is 2.91. The number of allylic oxidation sites excluding steroid dienone is 2. The summed E-state index contributed by atoms with van der Waals surface area (Å²) in [7, 11) is 0. The Labute approximate surface area is 112 Å². The van der Waals surface area contributed by atoms with Crippen molar-refractivity contribution in [3.8, 4) is 6.07 Å². The molecule has 2 aliphatic carbocycles. The Balaban J connectivity index is 1.38. The molecule has 1 heteroatoms. The molecular formula is C17H27N. The molecule has 100 valence electrons. The smallest absolute Gasteiger partial charge is 0.0621 e. The van der Waals surface area contributed by atoms with Gasteiger partial charge in [0.25, 0.3) is 0 Å². The first-order chi connectivity index (χ1) is 8.90. The van der Waals surface area contributed by atoms with Gasteiger partial charge in [0.05, 0.1) is 6.07 Å². The number of unbranched alkanes of at least 4 members (excludes halogenated alkanes) is 7. The molecule has 0 aromatic heterocycles. The fraction of sp³-hybridized carbons (Fsp3) is 0.824. The van der Waals surface area contributed by atoms with Gasteiger partial charge in [0.15, 0.2) is 0 Å². The number of fused-ring (bicyclic) bond motifs is 2. The normalized spacial score (nSPS) is 28.7. The average molecular weight is 245 g/mol. The Morgan fingerprint density at radius 2 is 1.61 bits per heavy atom. The molecule has 0 amide bonds. The number of nitrogens with zero attached hydrogens (tertiary/aromatic N) is 1. The second-order valence-corrected chi connectivity index (χ2v) is 6.21. The summed E-state index contributed by atoms with van der Waals surface area (Å²) in [4.78, 5) is 0. The second kappa shape index (κ2) is 7.62. The molecule has 0 spiro atoms. The molecule has 0 saturated heterocycles. The molecular weight excluding hydrogens is 218 g/mol. The summed E-state index contributed by atoms with van der Waals surface area (Å²) in [6.07, 6.45) is 19.4. The molecule has 0 aliphatic heterocycles. The zero-order valence-corrected chi connectivity index (χ0v) is 11.6. The minimum absolute atomic E-state index is 0.748. The van der Waals surface area contributed by atoms with E-state index in [0.717, 1.165) is 30.6 Å². The van der Waals surface area contributed by atoms with Gasteiger partial charge < -0.3 is 0 Å². The third-order valence-corrected chi connectivity index (χ3v) is 4.78. The molecule has 2 rings (SSSR count). The Morgan fingerprint density at radius 3 is 2.22 bits per heavy atom. The van der Waals surface area contributed by atoms with Gasteiger partial charge in [-0.1, -0.05) is 50.7 Å². The highest BCUT2D eigenvalue weighted by molar-refractivity contribution is 5.09. The van der Waals surface area contributed by atoms with Crippen molar-refractivity contribution in [2.75, 3.05) is 0 Å². The van der Waals surface area contributed by atoms with Gasteiger partial charge in [-0.15, -0.1) is 0 Å². The van der Waals surface area contributed by atoms with Crippen LogP contribution in [0.4, 0.5) is 0 Å². The topological polar surface area (TPSA) is 23.8 Å². The van der Waals surface area contributed by atoms with Crippen LogP contribution < -0.4 is 0 Å². The van der Waals surface area contributed by atoms with Crippen LogP contribution in [-0.2, 0) is 0 Å². The minimum Gasteiger partial charge on any atom is -0.198 e. The van der Waals surface area contributed by atoms with E-state index in [4.69, 9.17) is 5.26 Å². The SMILES string of the molecule is N#CCCCCCCCCCC1CC2C=CC1C2. The van der Waals surface area contributed by atoms with Gasteiger partial charge >= 0.3 is 0 Å². The van der Waals surface area contributed by atoms with Gasteiger partial charge in [-0.05, 0) is 43.4 Å².